The van der Waals surface area contributed by atoms with Crippen LogP contribution in [0.3, 0.4) is 0 Å². The second-order valence-corrected chi connectivity index (χ2v) is 10.5. The van der Waals surface area contributed by atoms with E-state index in [1.54, 1.807) is 4.90 Å². The average molecular weight is 529 g/mol. The maximum absolute atomic E-state index is 11.9. The minimum absolute atomic E-state index is 0. The predicted octanol–water partition coefficient (Wildman–Crippen LogP) is 0.330. The number of aliphatic imine (C=N–C) groups is 1. The molecule has 35 heavy (non-hydrogen) atoms. The van der Waals surface area contributed by atoms with Gasteiger partial charge in [0.25, 0.3) is 10.1 Å². The molecule has 0 fully saturated rings. The van der Waals surface area contributed by atoms with Gasteiger partial charge in [0.1, 0.15) is 5.75 Å². The molecule has 0 aromatic heterocycles. The van der Waals surface area contributed by atoms with Crippen molar-refractivity contribution in [1.82, 2.24) is 4.90 Å². The summed E-state index contributed by atoms with van der Waals surface area (Å²) in [6.45, 7) is 2.82. The van der Waals surface area contributed by atoms with Gasteiger partial charge in [-0.2, -0.15) is 8.42 Å². The van der Waals surface area contributed by atoms with Gasteiger partial charge < -0.3 is 20.3 Å². The van der Waals surface area contributed by atoms with Crippen LogP contribution < -0.4 is 34.7 Å². The summed E-state index contributed by atoms with van der Waals surface area (Å²) < 4.78 is 30.4. The van der Waals surface area contributed by atoms with Crippen LogP contribution >= 0.6 is 0 Å². The first-order valence-electron chi connectivity index (χ1n) is 13.1. The monoisotopic (exact) mass is 528 g/mol. The summed E-state index contributed by atoms with van der Waals surface area (Å²) in [4.78, 5) is 5.63. The van der Waals surface area contributed by atoms with Gasteiger partial charge in [0.05, 0.1) is 19.3 Å². The third kappa shape index (κ3) is 28.4. The molecule has 0 saturated carbocycles. The Hall–Kier alpha value is -0.000000000000000222. The molecule has 0 heterocycles. The molecule has 0 aromatic carbocycles. The van der Waals surface area contributed by atoms with Crippen molar-refractivity contribution in [3.63, 3.8) is 0 Å². The first-order chi connectivity index (χ1) is 16.3. The number of hydrogen-bond acceptors (Lipinski definition) is 7. The molecule has 0 bridgehead atoms. The third-order valence-corrected chi connectivity index (χ3v) is 6.45. The molecule has 0 rings (SSSR count). The number of unbranched alkanes of at least 4 members (excludes halogenated alkanes) is 11. The van der Waals surface area contributed by atoms with Crippen molar-refractivity contribution in [3.05, 3.63) is 12.2 Å². The first kappa shape index (κ1) is 37.2. The number of aliphatic hydroxyl groups excluding tert-OH is 2. The Morgan fingerprint density at radius 1 is 0.943 bits per heavy atom. The molecular formula is C25H49N2NaO6S. The van der Waals surface area contributed by atoms with Crippen LogP contribution in [0.1, 0.15) is 96.8 Å². The molecule has 0 aliphatic carbocycles. The maximum atomic E-state index is 11.9. The van der Waals surface area contributed by atoms with Gasteiger partial charge in [-0.25, -0.2) is 0 Å². The summed E-state index contributed by atoms with van der Waals surface area (Å²) in [6, 6.07) is 0. The van der Waals surface area contributed by atoms with Gasteiger partial charge in [0.2, 0.25) is 0 Å². The molecule has 10 heteroatoms. The molecule has 3 N–H and O–H groups in total. The van der Waals surface area contributed by atoms with Crippen molar-refractivity contribution >= 4 is 16.0 Å². The number of rotatable bonds is 24. The fourth-order valence-corrected chi connectivity index (χ4v) is 4.36. The van der Waals surface area contributed by atoms with Gasteiger partial charge in [-0.1, -0.05) is 70.4 Å². The molecule has 0 aromatic rings. The van der Waals surface area contributed by atoms with Crippen molar-refractivity contribution in [1.29, 1.82) is 0 Å². The van der Waals surface area contributed by atoms with Crippen molar-refractivity contribution in [2.45, 2.75) is 103 Å². The summed E-state index contributed by atoms with van der Waals surface area (Å²) in [6.07, 6.45) is 19.5. The Labute approximate surface area is 236 Å². The summed E-state index contributed by atoms with van der Waals surface area (Å²) in [5, 5.41) is 30.8. The fraction of sp³-hybridized carbons (Fsp3) is 0.880. The van der Waals surface area contributed by atoms with E-state index in [9.17, 15) is 18.6 Å². The van der Waals surface area contributed by atoms with E-state index in [2.05, 4.69) is 24.1 Å². The average Bonchev–Trinajstić information content (AvgIpc) is 2.75. The van der Waals surface area contributed by atoms with Gasteiger partial charge in [0.15, 0.2) is 0 Å². The number of allylic oxidation sites excluding steroid dienone is 2. The molecule has 0 amide bonds. The van der Waals surface area contributed by atoms with Crippen molar-refractivity contribution in [2.75, 3.05) is 38.5 Å². The van der Waals surface area contributed by atoms with Gasteiger partial charge in [-0.15, -0.1) is 0 Å². The quantitative estimate of drug-likeness (QED) is 0.0411. The fourth-order valence-electron chi connectivity index (χ4n) is 3.77. The van der Waals surface area contributed by atoms with Crippen LogP contribution in [-0.4, -0.2) is 78.6 Å². The Morgan fingerprint density at radius 3 is 2.03 bits per heavy atom. The van der Waals surface area contributed by atoms with Crippen LogP contribution in [0.15, 0.2) is 17.1 Å². The van der Waals surface area contributed by atoms with E-state index in [1.807, 2.05) is 0 Å². The molecule has 0 saturated heterocycles. The van der Waals surface area contributed by atoms with E-state index in [4.69, 9.17) is 9.66 Å². The van der Waals surface area contributed by atoms with E-state index in [-0.39, 0.29) is 61.7 Å². The topological polar surface area (TPSA) is 133 Å². The van der Waals surface area contributed by atoms with Crippen LogP contribution in [0.4, 0.5) is 0 Å². The molecule has 1 atom stereocenters. The number of aliphatic hydroxyl groups is 2. The van der Waals surface area contributed by atoms with Crippen LogP contribution in [0.25, 0.3) is 0 Å². The minimum atomic E-state index is -4.27. The van der Waals surface area contributed by atoms with E-state index in [0.717, 1.165) is 25.7 Å². The molecule has 0 aliphatic rings. The van der Waals surface area contributed by atoms with Gasteiger partial charge in [-0.05, 0) is 44.4 Å². The Bertz CT molecular complexity index is 631. The summed E-state index contributed by atoms with van der Waals surface area (Å²) in [5.74, 6) is -0.916. The largest absolute Gasteiger partial charge is 1.00 e. The van der Waals surface area contributed by atoms with Crippen LogP contribution in [0.5, 0.6) is 0 Å². The summed E-state index contributed by atoms with van der Waals surface area (Å²) >= 11 is 0. The first-order valence-corrected chi connectivity index (χ1v) is 14.7. The van der Waals surface area contributed by atoms with Crippen LogP contribution in [-0.2, 0) is 10.1 Å². The molecular weight excluding hydrogens is 479 g/mol. The van der Waals surface area contributed by atoms with Gasteiger partial charge in [-0.3, -0.25) is 9.45 Å². The molecule has 0 aliphatic heterocycles. The van der Waals surface area contributed by atoms with Gasteiger partial charge >= 0.3 is 29.6 Å². The standard InChI is InChI=1S/C25H50N2O6S.Na/c1-2-3-4-5-6-7-8-9-10-11-12-13-14-15-16-17-25(30)26-18-19-27(20-21-28)22-24(29)23-34(31,32)33;/h9-10,24,28-29H,2-8,11-23H2,1H3,(H,26,30)(H,31,32,33);/q;+1/p-1/b10-9-;. The summed E-state index contributed by atoms with van der Waals surface area (Å²) in [5.41, 5.74) is 0. The van der Waals surface area contributed by atoms with Crippen molar-refractivity contribution in [2.24, 2.45) is 4.99 Å². The zero-order valence-corrected chi connectivity index (χ0v) is 25.1. The number of hydrogen-bond donors (Lipinski definition) is 3. The zero-order chi connectivity index (χ0) is 25.5. The Balaban J connectivity index is 0. The Kier molecular flexibility index (Phi) is 27.2. The van der Waals surface area contributed by atoms with Gasteiger partial charge in [0, 0.05) is 19.6 Å². The smallest absolute Gasteiger partial charge is 0.862 e. The molecule has 0 spiro atoms. The Morgan fingerprint density at radius 2 is 1.49 bits per heavy atom. The normalized spacial score (nSPS) is 13.5. The molecule has 1 unspecified atom stereocenters. The second-order valence-electron chi connectivity index (χ2n) is 9.04. The van der Waals surface area contributed by atoms with Crippen molar-refractivity contribution < 1.29 is 57.8 Å². The number of nitrogens with zero attached hydrogens (tertiary/aromatic N) is 2. The second kappa shape index (κ2) is 25.6. The third-order valence-electron chi connectivity index (χ3n) is 5.65. The van der Waals surface area contributed by atoms with Crippen molar-refractivity contribution in [3.8, 4) is 0 Å². The maximum Gasteiger partial charge on any atom is 1.00 e. The van der Waals surface area contributed by atoms with E-state index in [1.165, 1.54) is 57.8 Å². The zero-order valence-electron chi connectivity index (χ0n) is 22.2. The van der Waals surface area contributed by atoms with Crippen LogP contribution in [0, 0.1) is 0 Å². The summed E-state index contributed by atoms with van der Waals surface area (Å²) in [7, 11) is -4.27. The molecule has 0 radical (unpaired) electrons. The van der Waals surface area contributed by atoms with E-state index in [0.29, 0.717) is 13.0 Å². The minimum Gasteiger partial charge on any atom is -0.862 e. The molecule has 202 valence electrons. The van der Waals surface area contributed by atoms with E-state index < -0.39 is 22.0 Å². The predicted molar refractivity (Wildman–Crippen MR) is 138 cm³/mol. The van der Waals surface area contributed by atoms with E-state index >= 15 is 0 Å². The molecule has 8 nitrogen and oxygen atoms in total. The SMILES string of the molecule is CCCCCCCC/C=C\CCCCCCCC([O-])=NCCN(CCO)CC(O)CS(=O)(=O)O.[Na+]. The van der Waals surface area contributed by atoms with Crippen LogP contribution in [0.2, 0.25) is 0 Å².